The van der Waals surface area contributed by atoms with Gasteiger partial charge in [0.2, 0.25) is 0 Å². The molecule has 2 rings (SSSR count). The van der Waals surface area contributed by atoms with Gasteiger partial charge in [-0.15, -0.1) is 0 Å². The molecule has 0 fully saturated rings. The fourth-order valence-corrected chi connectivity index (χ4v) is 2.18. The van der Waals surface area contributed by atoms with Crippen LogP contribution >= 0.6 is 11.6 Å². The Morgan fingerprint density at radius 3 is 2.80 bits per heavy atom. The molecule has 20 heavy (non-hydrogen) atoms. The van der Waals surface area contributed by atoms with Crippen LogP contribution in [0.5, 0.6) is 0 Å². The lowest BCUT2D eigenvalue weighted by molar-refractivity contribution is 0.569. The number of nitriles is 1. The summed E-state index contributed by atoms with van der Waals surface area (Å²) >= 11 is 5.95. The number of benzene rings is 2. The summed E-state index contributed by atoms with van der Waals surface area (Å²) in [5, 5.41) is 12.8. The van der Waals surface area contributed by atoms with Crippen LogP contribution in [0.1, 0.15) is 29.7 Å². The molecule has 0 heterocycles. The summed E-state index contributed by atoms with van der Waals surface area (Å²) in [4.78, 5) is 0. The van der Waals surface area contributed by atoms with Crippen molar-refractivity contribution in [2.24, 2.45) is 0 Å². The molecule has 2 aromatic carbocycles. The third-order valence-electron chi connectivity index (χ3n) is 3.05. The molecule has 0 saturated carbocycles. The quantitative estimate of drug-likeness (QED) is 0.915. The monoisotopic (exact) mass is 288 g/mol. The second-order valence-electron chi connectivity index (χ2n) is 4.62. The van der Waals surface area contributed by atoms with Crippen LogP contribution in [0, 0.1) is 17.1 Å². The van der Waals surface area contributed by atoms with Crippen molar-refractivity contribution in [3.63, 3.8) is 0 Å². The fraction of sp³-hybridized carbons (Fsp3) is 0.188. The summed E-state index contributed by atoms with van der Waals surface area (Å²) in [5.41, 5.74) is 2.14. The minimum atomic E-state index is -0.392. The van der Waals surface area contributed by atoms with Gasteiger partial charge in [-0.2, -0.15) is 5.26 Å². The van der Waals surface area contributed by atoms with Crippen molar-refractivity contribution < 1.29 is 4.39 Å². The van der Waals surface area contributed by atoms with Crippen molar-refractivity contribution in [2.75, 3.05) is 0 Å². The highest BCUT2D eigenvalue weighted by atomic mass is 35.5. The summed E-state index contributed by atoms with van der Waals surface area (Å²) in [7, 11) is 0. The number of nitrogens with zero attached hydrogens (tertiary/aromatic N) is 1. The first-order valence-corrected chi connectivity index (χ1v) is 6.64. The highest BCUT2D eigenvalue weighted by Gasteiger charge is 2.06. The van der Waals surface area contributed by atoms with E-state index in [1.165, 1.54) is 12.1 Å². The normalized spacial score (nSPS) is 11.9. The molecule has 2 nitrogen and oxygen atoms in total. The largest absolute Gasteiger partial charge is 0.306 e. The van der Waals surface area contributed by atoms with Crippen LogP contribution in [0.4, 0.5) is 4.39 Å². The van der Waals surface area contributed by atoms with Crippen LogP contribution in [0.3, 0.4) is 0 Å². The van der Waals surface area contributed by atoms with Gasteiger partial charge in [-0.1, -0.05) is 23.7 Å². The molecule has 0 amide bonds. The maximum atomic E-state index is 13.3. The molecule has 0 bridgehead atoms. The van der Waals surface area contributed by atoms with Gasteiger partial charge in [-0.25, -0.2) is 4.39 Å². The van der Waals surface area contributed by atoms with Crippen molar-refractivity contribution in [1.29, 1.82) is 5.26 Å². The Morgan fingerprint density at radius 1 is 1.30 bits per heavy atom. The molecule has 0 aliphatic rings. The molecule has 0 aliphatic carbocycles. The topological polar surface area (TPSA) is 35.8 Å². The van der Waals surface area contributed by atoms with Crippen LogP contribution in [-0.4, -0.2) is 0 Å². The summed E-state index contributed by atoms with van der Waals surface area (Å²) in [6.07, 6.45) is 0. The Balaban J connectivity index is 2.05. The van der Waals surface area contributed by atoms with Crippen LogP contribution < -0.4 is 5.32 Å². The van der Waals surface area contributed by atoms with E-state index >= 15 is 0 Å². The standard InChI is InChI=1S/C16H14ClFN2/c1-11(14-3-2-4-15(17)8-14)20-10-13-5-12(9-19)6-16(18)7-13/h2-8,11,20H,10H2,1H3. The Labute approximate surface area is 122 Å². The summed E-state index contributed by atoms with van der Waals surface area (Å²) in [6, 6.07) is 14.0. The van der Waals surface area contributed by atoms with E-state index in [1.54, 1.807) is 6.07 Å². The molecule has 102 valence electrons. The lowest BCUT2D eigenvalue weighted by Crippen LogP contribution is -2.18. The van der Waals surface area contributed by atoms with Crippen molar-refractivity contribution in [2.45, 2.75) is 19.5 Å². The molecule has 1 unspecified atom stereocenters. The molecule has 0 saturated heterocycles. The molecule has 0 aromatic heterocycles. The van der Waals surface area contributed by atoms with E-state index in [9.17, 15) is 4.39 Å². The second-order valence-corrected chi connectivity index (χ2v) is 5.05. The molecular formula is C16H14ClFN2. The van der Waals surface area contributed by atoms with E-state index in [-0.39, 0.29) is 6.04 Å². The summed E-state index contributed by atoms with van der Waals surface area (Å²) in [6.45, 7) is 2.50. The van der Waals surface area contributed by atoms with Gasteiger partial charge in [-0.05, 0) is 48.4 Å². The minimum Gasteiger partial charge on any atom is -0.306 e. The van der Waals surface area contributed by atoms with Gasteiger partial charge >= 0.3 is 0 Å². The van der Waals surface area contributed by atoms with E-state index < -0.39 is 5.82 Å². The Hall–Kier alpha value is -1.89. The molecule has 2 aromatic rings. The number of halogens is 2. The molecule has 1 atom stereocenters. The molecule has 1 N–H and O–H groups in total. The number of hydrogen-bond acceptors (Lipinski definition) is 2. The van der Waals surface area contributed by atoms with Gasteiger partial charge in [-0.3, -0.25) is 0 Å². The van der Waals surface area contributed by atoms with Gasteiger partial charge in [0.05, 0.1) is 11.6 Å². The third kappa shape index (κ3) is 3.80. The van der Waals surface area contributed by atoms with Crippen molar-refractivity contribution in [3.8, 4) is 6.07 Å². The highest BCUT2D eigenvalue weighted by Crippen LogP contribution is 2.18. The second kappa shape index (κ2) is 6.51. The lowest BCUT2D eigenvalue weighted by Gasteiger charge is -2.14. The van der Waals surface area contributed by atoms with E-state index in [0.717, 1.165) is 11.1 Å². The SMILES string of the molecule is CC(NCc1cc(F)cc(C#N)c1)c1cccc(Cl)c1. The maximum absolute atomic E-state index is 13.3. The summed E-state index contributed by atoms with van der Waals surface area (Å²) in [5.74, 6) is -0.392. The molecular weight excluding hydrogens is 275 g/mol. The third-order valence-corrected chi connectivity index (χ3v) is 3.28. The molecule has 0 aliphatic heterocycles. The van der Waals surface area contributed by atoms with Gasteiger partial charge in [0, 0.05) is 17.6 Å². The first-order chi connectivity index (χ1) is 9.58. The fourth-order valence-electron chi connectivity index (χ4n) is 1.98. The number of hydrogen-bond donors (Lipinski definition) is 1. The van der Waals surface area contributed by atoms with Gasteiger partial charge in [0.25, 0.3) is 0 Å². The molecule has 0 radical (unpaired) electrons. The van der Waals surface area contributed by atoms with Crippen molar-refractivity contribution in [3.05, 3.63) is 70.0 Å². The number of rotatable bonds is 4. The predicted octanol–water partition coefficient (Wildman–Crippen LogP) is 4.20. The zero-order valence-corrected chi connectivity index (χ0v) is 11.8. The van der Waals surface area contributed by atoms with Gasteiger partial charge in [0.1, 0.15) is 5.82 Å². The van der Waals surface area contributed by atoms with E-state index in [2.05, 4.69) is 5.32 Å². The first-order valence-electron chi connectivity index (χ1n) is 6.27. The molecule has 4 heteroatoms. The van der Waals surface area contributed by atoms with Crippen molar-refractivity contribution in [1.82, 2.24) is 5.32 Å². The zero-order chi connectivity index (χ0) is 14.5. The highest BCUT2D eigenvalue weighted by molar-refractivity contribution is 6.30. The van der Waals surface area contributed by atoms with Gasteiger partial charge in [0.15, 0.2) is 0 Å². The summed E-state index contributed by atoms with van der Waals surface area (Å²) < 4.78 is 13.3. The Bertz CT molecular complexity index is 649. The van der Waals surface area contributed by atoms with Crippen LogP contribution in [0.15, 0.2) is 42.5 Å². The Kier molecular flexibility index (Phi) is 4.73. The Morgan fingerprint density at radius 2 is 2.10 bits per heavy atom. The van der Waals surface area contributed by atoms with E-state index in [4.69, 9.17) is 16.9 Å². The van der Waals surface area contributed by atoms with E-state index in [1.807, 2.05) is 37.3 Å². The zero-order valence-electron chi connectivity index (χ0n) is 11.0. The first kappa shape index (κ1) is 14.5. The van der Waals surface area contributed by atoms with Crippen LogP contribution in [-0.2, 0) is 6.54 Å². The average Bonchev–Trinajstić information content (AvgIpc) is 2.44. The average molecular weight is 289 g/mol. The smallest absolute Gasteiger partial charge is 0.124 e. The minimum absolute atomic E-state index is 0.0857. The predicted molar refractivity (Wildman–Crippen MR) is 77.8 cm³/mol. The van der Waals surface area contributed by atoms with Crippen LogP contribution in [0.25, 0.3) is 0 Å². The number of nitrogens with one attached hydrogen (secondary N) is 1. The maximum Gasteiger partial charge on any atom is 0.124 e. The van der Waals surface area contributed by atoms with Crippen LogP contribution in [0.2, 0.25) is 5.02 Å². The lowest BCUT2D eigenvalue weighted by atomic mass is 10.1. The molecule has 0 spiro atoms. The van der Waals surface area contributed by atoms with Crippen molar-refractivity contribution >= 4 is 11.6 Å². The van der Waals surface area contributed by atoms with Gasteiger partial charge < -0.3 is 5.32 Å². The van der Waals surface area contributed by atoms with E-state index in [0.29, 0.717) is 17.1 Å².